The van der Waals surface area contributed by atoms with E-state index in [1.807, 2.05) is 0 Å². The van der Waals surface area contributed by atoms with Crippen LogP contribution in [0.15, 0.2) is 72.8 Å². The molecule has 4 rings (SSSR count). The molecule has 4 aromatic carbocycles. The topological polar surface area (TPSA) is 0 Å². The summed E-state index contributed by atoms with van der Waals surface area (Å²) in [5, 5.41) is 0. The van der Waals surface area contributed by atoms with Gasteiger partial charge in [-0.1, -0.05) is 22.5 Å². The average Bonchev–Trinajstić information content (AvgIpc) is 2.65. The number of halogens is 7. The minimum absolute atomic E-state index is 0.132. The first-order valence-corrected chi connectivity index (χ1v) is 10.1. The Bertz CT molecular complexity index is 1090. The van der Waals surface area contributed by atoms with Gasteiger partial charge < -0.3 is 0 Å². The summed E-state index contributed by atoms with van der Waals surface area (Å²) in [7, 11) is 0. The first-order chi connectivity index (χ1) is 16.0. The molecule has 0 heterocycles. The minimum Gasteiger partial charge on any atom is -0.207 e. The maximum absolute atomic E-state index is 13.8. The lowest BCUT2D eigenvalue weighted by Crippen LogP contribution is -2.52. The SMILES string of the molecule is Cc1cc(F)cc(B(c2cc(F)cc(F)c2)c2cc(F)cc(F)c2)c1.Cc1cc(F)cc(F)c1. The maximum atomic E-state index is 13.8. The molecular formula is C26H18BF7. The first-order valence-electron chi connectivity index (χ1n) is 10.1. The molecule has 4 aromatic rings. The van der Waals surface area contributed by atoms with E-state index in [0.717, 1.165) is 30.3 Å². The second kappa shape index (κ2) is 10.6. The number of benzene rings is 4. The Morgan fingerprint density at radius 3 is 0.882 bits per heavy atom. The van der Waals surface area contributed by atoms with Crippen LogP contribution in [0.4, 0.5) is 30.7 Å². The van der Waals surface area contributed by atoms with Crippen molar-refractivity contribution in [1.29, 1.82) is 0 Å². The van der Waals surface area contributed by atoms with Gasteiger partial charge in [-0.05, 0) is 73.5 Å². The van der Waals surface area contributed by atoms with Gasteiger partial charge in [0.25, 0.3) is 0 Å². The van der Waals surface area contributed by atoms with Crippen molar-refractivity contribution in [3.63, 3.8) is 0 Å². The van der Waals surface area contributed by atoms with Crippen LogP contribution in [0.2, 0.25) is 0 Å². The van der Waals surface area contributed by atoms with Crippen LogP contribution in [0.1, 0.15) is 11.1 Å². The normalized spacial score (nSPS) is 10.5. The highest BCUT2D eigenvalue weighted by Crippen LogP contribution is 2.08. The average molecular weight is 474 g/mol. The molecule has 0 aliphatic carbocycles. The van der Waals surface area contributed by atoms with Crippen LogP contribution in [0.25, 0.3) is 0 Å². The lowest BCUT2D eigenvalue weighted by atomic mass is 9.36. The molecule has 0 saturated carbocycles. The predicted molar refractivity (Wildman–Crippen MR) is 120 cm³/mol. The van der Waals surface area contributed by atoms with Crippen LogP contribution >= 0.6 is 0 Å². The quantitative estimate of drug-likeness (QED) is 0.273. The Hall–Kier alpha value is -3.55. The van der Waals surface area contributed by atoms with Crippen LogP contribution in [0, 0.1) is 54.6 Å². The fourth-order valence-corrected chi connectivity index (χ4v) is 3.68. The molecule has 174 valence electrons. The summed E-state index contributed by atoms with van der Waals surface area (Å²) in [5.41, 5.74) is 1.79. The van der Waals surface area contributed by atoms with E-state index in [9.17, 15) is 30.7 Å². The Balaban J connectivity index is 0.000000302. The third-order valence-electron chi connectivity index (χ3n) is 4.84. The monoisotopic (exact) mass is 474 g/mol. The summed E-state index contributed by atoms with van der Waals surface area (Å²) < 4.78 is 92.9. The fraction of sp³-hybridized carbons (Fsp3) is 0.0769. The second-order valence-electron chi connectivity index (χ2n) is 7.85. The molecule has 0 radical (unpaired) electrons. The minimum atomic E-state index is -0.926. The molecule has 0 fully saturated rings. The molecule has 0 unspecified atom stereocenters. The Morgan fingerprint density at radius 2 is 0.588 bits per heavy atom. The zero-order valence-corrected chi connectivity index (χ0v) is 18.2. The Labute approximate surface area is 192 Å². The van der Waals surface area contributed by atoms with Gasteiger partial charge in [0.2, 0.25) is 6.71 Å². The van der Waals surface area contributed by atoms with Crippen molar-refractivity contribution in [2.24, 2.45) is 0 Å². The van der Waals surface area contributed by atoms with E-state index in [-0.39, 0.29) is 10.9 Å². The van der Waals surface area contributed by atoms with Crippen LogP contribution < -0.4 is 16.4 Å². The van der Waals surface area contributed by atoms with E-state index in [1.165, 1.54) is 24.3 Å². The molecule has 0 aromatic heterocycles. The Morgan fingerprint density at radius 1 is 0.353 bits per heavy atom. The van der Waals surface area contributed by atoms with E-state index in [2.05, 4.69) is 0 Å². The smallest absolute Gasteiger partial charge is 0.207 e. The largest absolute Gasteiger partial charge is 0.241 e. The zero-order valence-electron chi connectivity index (χ0n) is 18.2. The number of aryl methyl sites for hydroxylation is 2. The van der Waals surface area contributed by atoms with Gasteiger partial charge in [-0.3, -0.25) is 0 Å². The molecular weight excluding hydrogens is 456 g/mol. The van der Waals surface area contributed by atoms with E-state index >= 15 is 0 Å². The first kappa shape index (κ1) is 25.1. The van der Waals surface area contributed by atoms with Crippen molar-refractivity contribution >= 4 is 23.1 Å². The van der Waals surface area contributed by atoms with E-state index < -0.39 is 47.4 Å². The number of hydrogen-bond acceptors (Lipinski definition) is 0. The lowest BCUT2D eigenvalue weighted by Gasteiger charge is -2.17. The molecule has 0 aliphatic rings. The highest BCUT2D eigenvalue weighted by Gasteiger charge is 2.25. The molecule has 0 amide bonds. The van der Waals surface area contributed by atoms with Gasteiger partial charge in [0.15, 0.2) is 0 Å². The highest BCUT2D eigenvalue weighted by molar-refractivity contribution is 6.95. The van der Waals surface area contributed by atoms with Gasteiger partial charge in [-0.25, -0.2) is 30.7 Å². The molecule has 0 bridgehead atoms. The maximum Gasteiger partial charge on any atom is 0.241 e. The highest BCUT2D eigenvalue weighted by atomic mass is 19.2. The third-order valence-corrected chi connectivity index (χ3v) is 4.84. The lowest BCUT2D eigenvalue weighted by molar-refractivity contribution is 0.581. The molecule has 0 aliphatic heterocycles. The van der Waals surface area contributed by atoms with Gasteiger partial charge in [0.1, 0.15) is 40.7 Å². The molecule has 34 heavy (non-hydrogen) atoms. The Kier molecular flexibility index (Phi) is 7.81. The molecule has 0 spiro atoms. The number of rotatable bonds is 3. The number of hydrogen-bond donors (Lipinski definition) is 0. The van der Waals surface area contributed by atoms with Gasteiger partial charge in [-0.2, -0.15) is 0 Å². The van der Waals surface area contributed by atoms with Crippen molar-refractivity contribution in [2.45, 2.75) is 13.8 Å². The summed E-state index contributed by atoms with van der Waals surface area (Å²) in [6, 6.07) is 13.2. The molecule has 0 N–H and O–H groups in total. The summed E-state index contributed by atoms with van der Waals surface area (Å²) >= 11 is 0. The standard InChI is InChI=1S/C19H12BF5.C7H6F2/c1-11-2-12(4-15(21)3-11)20(13-5-16(22)9-17(23)6-13)14-7-18(24)10-19(25)8-14;1-5-2-6(8)4-7(9)3-5/h2-10H,1H3;2-4H,1H3. The molecule has 0 saturated heterocycles. The summed E-state index contributed by atoms with van der Waals surface area (Å²) in [6.45, 7) is 2.37. The van der Waals surface area contributed by atoms with E-state index in [4.69, 9.17) is 0 Å². The zero-order chi connectivity index (χ0) is 25.0. The van der Waals surface area contributed by atoms with Crippen molar-refractivity contribution in [3.8, 4) is 0 Å². The van der Waals surface area contributed by atoms with Crippen molar-refractivity contribution in [1.82, 2.24) is 0 Å². The second-order valence-corrected chi connectivity index (χ2v) is 7.85. The third kappa shape index (κ3) is 6.73. The van der Waals surface area contributed by atoms with Crippen LogP contribution in [0.3, 0.4) is 0 Å². The van der Waals surface area contributed by atoms with Gasteiger partial charge >= 0.3 is 0 Å². The van der Waals surface area contributed by atoms with Crippen LogP contribution in [-0.4, -0.2) is 6.71 Å². The van der Waals surface area contributed by atoms with E-state index in [1.54, 1.807) is 19.9 Å². The van der Waals surface area contributed by atoms with Gasteiger partial charge in [0.05, 0.1) is 0 Å². The molecule has 8 heteroatoms. The van der Waals surface area contributed by atoms with Crippen LogP contribution in [-0.2, 0) is 0 Å². The van der Waals surface area contributed by atoms with Crippen molar-refractivity contribution in [3.05, 3.63) is 125 Å². The molecule has 0 nitrogen and oxygen atoms in total. The van der Waals surface area contributed by atoms with E-state index in [0.29, 0.717) is 28.7 Å². The van der Waals surface area contributed by atoms with Crippen molar-refractivity contribution < 1.29 is 30.7 Å². The summed E-state index contributed by atoms with van der Waals surface area (Å²) in [6.07, 6.45) is 0. The van der Waals surface area contributed by atoms with Crippen molar-refractivity contribution in [2.75, 3.05) is 0 Å². The summed E-state index contributed by atoms with van der Waals surface area (Å²) in [5.74, 6) is -4.90. The van der Waals surface area contributed by atoms with Crippen LogP contribution in [0.5, 0.6) is 0 Å². The summed E-state index contributed by atoms with van der Waals surface area (Å²) in [4.78, 5) is 0. The van der Waals surface area contributed by atoms with Gasteiger partial charge in [0, 0.05) is 18.2 Å². The fourth-order valence-electron chi connectivity index (χ4n) is 3.68. The van der Waals surface area contributed by atoms with Gasteiger partial charge in [-0.15, -0.1) is 0 Å². The molecule has 0 atom stereocenters. The predicted octanol–water partition coefficient (Wildman–Crippen LogP) is 5.48.